The highest BCUT2D eigenvalue weighted by Crippen LogP contribution is 2.69. The van der Waals surface area contributed by atoms with Gasteiger partial charge in [-0.15, -0.1) is 0 Å². The summed E-state index contributed by atoms with van der Waals surface area (Å²) in [6.45, 7) is 9.54. The molecule has 6 fully saturated rings. The first-order chi connectivity index (χ1) is 26.6. The molecule has 4 aliphatic carbocycles. The molecule has 0 unspecified atom stereocenters. The van der Waals surface area contributed by atoms with Crippen LogP contribution in [0.15, 0.2) is 12.2 Å². The van der Waals surface area contributed by atoms with E-state index < -0.39 is 119 Å². The number of ether oxygens (including phenoxy) is 5. The van der Waals surface area contributed by atoms with Gasteiger partial charge in [0.1, 0.15) is 36.6 Å². The fraction of sp³-hybridized carbons (Fsp3) is 0.949. The molecule has 22 atom stereocenters. The minimum atomic E-state index is -5.08. The second kappa shape index (κ2) is 17.1. The summed E-state index contributed by atoms with van der Waals surface area (Å²) in [5.41, 5.74) is -2.36. The molecule has 0 bridgehead atoms. The SMILES string of the molecule is CO[C@H]1[C@H](O[C@H]2[C@H](OC[C@@H](C)[C@H](C)/C=C/[C@@H](C)[C@H]3C[C@@H](O)[C@@H]4[C@]3(C)CC[C@@H]3[C@@]5(C)CC[C@H](O)[C@H](O)[C@@H]5[C@@H](O)C[C@]34O)OC[C@@H](O)[C@@H]2OS(=O)(=O)O)OC[C@@H](O)[C@@H]1O. The molecular weight excluding hydrogens is 772 g/mol. The van der Waals surface area contributed by atoms with Gasteiger partial charge in [-0.1, -0.05) is 46.8 Å². The summed E-state index contributed by atoms with van der Waals surface area (Å²) in [7, 11) is -3.82. The Kier molecular flexibility index (Phi) is 13.7. The monoisotopic (exact) mass is 838 g/mol. The van der Waals surface area contributed by atoms with Gasteiger partial charge >= 0.3 is 10.4 Å². The van der Waals surface area contributed by atoms with Crippen LogP contribution in [-0.2, 0) is 38.3 Å². The standard InChI is InChI=1S/C39H66O17S/c1-18(20(3)15-52-35-33(31(26(44)17-53-35)56-57(48,49)50)55-36-32(51-6)30(46)25(43)16-54-36)7-8-19(2)21-13-23(41)34-37(21,4)12-10-27-38(5)11-9-22(40)29(45)28(38)24(42)14-39(27,34)47/h7-8,18-36,40-47H,9-17H2,1-6H3,(H,48,49,50)/b8-7+/t18-,19-,20-,21-,22+,23-,24+,25-,26-,27-,28+,29+,30+,31+,32-,33-,34-,35-,36+,37-,38-,39+/m1/s1. The normalized spacial score (nSPS) is 50.8. The molecule has 2 saturated heterocycles. The molecule has 0 aromatic heterocycles. The van der Waals surface area contributed by atoms with Crippen molar-refractivity contribution in [1.29, 1.82) is 0 Å². The molecule has 18 heteroatoms. The maximum atomic E-state index is 12.6. The molecule has 0 amide bonds. The summed E-state index contributed by atoms with van der Waals surface area (Å²) in [4.78, 5) is 0. The van der Waals surface area contributed by atoms with Gasteiger partial charge in [0, 0.05) is 25.4 Å². The third kappa shape index (κ3) is 8.51. The Labute approximate surface area is 335 Å². The molecule has 17 nitrogen and oxygen atoms in total. The van der Waals surface area contributed by atoms with E-state index in [1.807, 2.05) is 20.8 Å². The van der Waals surface area contributed by atoms with E-state index in [-0.39, 0.29) is 49.2 Å². The summed E-state index contributed by atoms with van der Waals surface area (Å²) in [5.74, 6) is -1.45. The summed E-state index contributed by atoms with van der Waals surface area (Å²) in [5, 5.41) is 88.3. The zero-order chi connectivity index (χ0) is 42.0. The quantitative estimate of drug-likeness (QED) is 0.0917. The van der Waals surface area contributed by atoms with Gasteiger partial charge in [0.05, 0.1) is 49.8 Å². The largest absolute Gasteiger partial charge is 0.397 e. The van der Waals surface area contributed by atoms with Crippen molar-refractivity contribution in [3.05, 3.63) is 12.2 Å². The fourth-order valence-corrected chi connectivity index (χ4v) is 12.6. The first-order valence-corrected chi connectivity index (χ1v) is 21.8. The Bertz CT molecular complexity index is 1520. The van der Waals surface area contributed by atoms with Crippen LogP contribution in [0.3, 0.4) is 0 Å². The van der Waals surface area contributed by atoms with E-state index in [0.717, 1.165) is 6.42 Å². The van der Waals surface area contributed by atoms with Crippen molar-refractivity contribution >= 4 is 10.4 Å². The second-order valence-corrected chi connectivity index (χ2v) is 19.7. The first kappa shape index (κ1) is 45.6. The number of fused-ring (bicyclic) bond motifs is 5. The molecule has 57 heavy (non-hydrogen) atoms. The van der Waals surface area contributed by atoms with Crippen LogP contribution in [0.5, 0.6) is 0 Å². The Morgan fingerprint density at radius 1 is 0.789 bits per heavy atom. The molecule has 330 valence electrons. The van der Waals surface area contributed by atoms with Crippen LogP contribution in [0.2, 0.25) is 0 Å². The van der Waals surface area contributed by atoms with Crippen molar-refractivity contribution in [3.8, 4) is 0 Å². The maximum absolute atomic E-state index is 12.6. The van der Waals surface area contributed by atoms with Gasteiger partial charge in [-0.2, -0.15) is 8.42 Å². The molecule has 9 N–H and O–H groups in total. The molecule has 4 saturated carbocycles. The average Bonchev–Trinajstić information content (AvgIpc) is 3.41. The lowest BCUT2D eigenvalue weighted by molar-refractivity contribution is -0.344. The van der Waals surface area contributed by atoms with Crippen molar-refractivity contribution in [1.82, 2.24) is 0 Å². The highest BCUT2D eigenvalue weighted by atomic mass is 32.3. The van der Waals surface area contributed by atoms with Crippen LogP contribution in [-0.4, -0.2) is 160 Å². The van der Waals surface area contributed by atoms with Crippen LogP contribution in [0.4, 0.5) is 0 Å². The average molecular weight is 839 g/mol. The third-order valence-corrected chi connectivity index (χ3v) is 15.7. The number of rotatable bonds is 12. The smallest absolute Gasteiger partial charge is 0.393 e. The number of aliphatic hydroxyl groups excluding tert-OH is 7. The number of hydrogen-bond acceptors (Lipinski definition) is 16. The summed E-state index contributed by atoms with van der Waals surface area (Å²) < 4.78 is 66.4. The van der Waals surface area contributed by atoms with Gasteiger partial charge in [0.2, 0.25) is 0 Å². The second-order valence-electron chi connectivity index (χ2n) is 18.6. The fourth-order valence-electron chi connectivity index (χ4n) is 12.1. The van der Waals surface area contributed by atoms with Crippen molar-refractivity contribution in [2.45, 2.75) is 152 Å². The summed E-state index contributed by atoms with van der Waals surface area (Å²) in [6.07, 6.45) is -8.05. The van der Waals surface area contributed by atoms with Crippen molar-refractivity contribution < 1.29 is 81.7 Å². The van der Waals surface area contributed by atoms with Gasteiger partial charge in [0.25, 0.3) is 0 Å². The van der Waals surface area contributed by atoms with E-state index in [9.17, 15) is 53.8 Å². The highest BCUT2D eigenvalue weighted by Gasteiger charge is 2.71. The topological polar surface area (TPSA) is 272 Å². The molecule has 6 aliphatic rings. The molecule has 2 heterocycles. The predicted molar refractivity (Wildman–Crippen MR) is 199 cm³/mol. The molecule has 0 aromatic carbocycles. The van der Waals surface area contributed by atoms with Crippen molar-refractivity contribution in [2.75, 3.05) is 26.9 Å². The zero-order valence-electron chi connectivity index (χ0n) is 33.7. The number of methoxy groups -OCH3 is 1. The molecule has 6 rings (SSSR count). The van der Waals surface area contributed by atoms with Crippen LogP contribution >= 0.6 is 0 Å². The van der Waals surface area contributed by atoms with Crippen LogP contribution in [0.25, 0.3) is 0 Å². The molecule has 0 spiro atoms. The zero-order valence-corrected chi connectivity index (χ0v) is 34.5. The van der Waals surface area contributed by atoms with Crippen LogP contribution in [0.1, 0.15) is 73.1 Å². The predicted octanol–water partition coefficient (Wildman–Crippen LogP) is -0.102. The van der Waals surface area contributed by atoms with Gasteiger partial charge in [-0.05, 0) is 72.5 Å². The van der Waals surface area contributed by atoms with E-state index in [4.69, 9.17) is 27.9 Å². The van der Waals surface area contributed by atoms with E-state index in [0.29, 0.717) is 25.7 Å². The van der Waals surface area contributed by atoms with Gasteiger partial charge < -0.3 is 64.5 Å². The molecule has 0 aromatic rings. The molecular formula is C39H66O17S. The Morgan fingerprint density at radius 2 is 1.44 bits per heavy atom. The van der Waals surface area contributed by atoms with E-state index in [2.05, 4.69) is 26.0 Å². The lowest BCUT2D eigenvalue weighted by Gasteiger charge is -2.66. The number of aliphatic hydroxyl groups is 8. The van der Waals surface area contributed by atoms with Gasteiger partial charge in [0.15, 0.2) is 12.6 Å². The number of hydrogen-bond donors (Lipinski definition) is 9. The van der Waals surface area contributed by atoms with Crippen LogP contribution < -0.4 is 0 Å². The van der Waals surface area contributed by atoms with E-state index in [1.165, 1.54) is 7.11 Å². The maximum Gasteiger partial charge on any atom is 0.397 e. The van der Waals surface area contributed by atoms with E-state index in [1.54, 1.807) is 0 Å². The summed E-state index contributed by atoms with van der Waals surface area (Å²) >= 11 is 0. The summed E-state index contributed by atoms with van der Waals surface area (Å²) in [6, 6.07) is 0. The molecule has 0 radical (unpaired) electrons. The van der Waals surface area contributed by atoms with E-state index >= 15 is 0 Å². The Hall–Kier alpha value is -0.910. The Balaban J connectivity index is 1.12. The third-order valence-electron chi connectivity index (χ3n) is 15.2. The molecule has 2 aliphatic heterocycles. The first-order valence-electron chi connectivity index (χ1n) is 20.4. The highest BCUT2D eigenvalue weighted by molar-refractivity contribution is 7.80. The van der Waals surface area contributed by atoms with Crippen molar-refractivity contribution in [3.63, 3.8) is 0 Å². The van der Waals surface area contributed by atoms with Crippen molar-refractivity contribution in [2.24, 2.45) is 52.3 Å². The lowest BCUT2D eigenvalue weighted by Crippen LogP contribution is -2.70. The Morgan fingerprint density at radius 3 is 2.11 bits per heavy atom. The lowest BCUT2D eigenvalue weighted by atomic mass is 9.41. The van der Waals surface area contributed by atoms with Gasteiger partial charge in [-0.25, -0.2) is 4.18 Å². The minimum Gasteiger partial charge on any atom is -0.393 e. The number of allylic oxidation sites excluding steroid dienone is 2. The van der Waals surface area contributed by atoms with Crippen LogP contribution in [0, 0.1) is 52.3 Å². The minimum absolute atomic E-state index is 0.00578. The van der Waals surface area contributed by atoms with Gasteiger partial charge in [-0.3, -0.25) is 4.55 Å².